The second-order valence-electron chi connectivity index (χ2n) is 6.68. The Labute approximate surface area is 116 Å². The summed E-state index contributed by atoms with van der Waals surface area (Å²) in [6.07, 6.45) is 10.9. The van der Waals surface area contributed by atoms with Gasteiger partial charge in [0.2, 0.25) is 0 Å². The van der Waals surface area contributed by atoms with E-state index in [-0.39, 0.29) is 5.92 Å². The van der Waals surface area contributed by atoms with Gasteiger partial charge in [0.15, 0.2) is 0 Å². The Morgan fingerprint density at radius 2 is 2.05 bits per heavy atom. The van der Waals surface area contributed by atoms with Crippen molar-refractivity contribution in [3.8, 4) is 0 Å². The highest BCUT2D eigenvalue weighted by atomic mass is 16.1. The normalized spacial score (nSPS) is 38.0. The number of allylic oxidation sites excluding steroid dienone is 4. The van der Waals surface area contributed by atoms with Crippen LogP contribution in [0.5, 0.6) is 0 Å². The second-order valence-corrected chi connectivity index (χ2v) is 6.68. The van der Waals surface area contributed by atoms with Crippen molar-refractivity contribution >= 4 is 5.78 Å². The van der Waals surface area contributed by atoms with Gasteiger partial charge < -0.3 is 4.90 Å². The number of rotatable bonds is 1. The zero-order valence-electron chi connectivity index (χ0n) is 12.3. The van der Waals surface area contributed by atoms with E-state index in [1.165, 1.54) is 18.5 Å². The molecule has 2 nitrogen and oxygen atoms in total. The number of carbonyl (C=O) groups is 1. The molecule has 4 atom stereocenters. The molecule has 3 rings (SSSR count). The van der Waals surface area contributed by atoms with Crippen molar-refractivity contribution in [2.24, 2.45) is 17.8 Å². The maximum Gasteiger partial charge on any atom is 0.140 e. The topological polar surface area (TPSA) is 20.3 Å². The predicted octanol–water partition coefficient (Wildman–Crippen LogP) is 3.54. The van der Waals surface area contributed by atoms with E-state index >= 15 is 0 Å². The number of fused-ring (bicyclic) bond motifs is 3. The third kappa shape index (κ3) is 2.05. The molecule has 0 bridgehead atoms. The van der Waals surface area contributed by atoms with E-state index in [0.29, 0.717) is 36.1 Å². The van der Waals surface area contributed by atoms with Crippen molar-refractivity contribution in [2.45, 2.75) is 58.5 Å². The first-order chi connectivity index (χ1) is 9.09. The van der Waals surface area contributed by atoms with Crippen molar-refractivity contribution in [3.05, 3.63) is 23.9 Å². The molecule has 0 radical (unpaired) electrons. The van der Waals surface area contributed by atoms with Crippen molar-refractivity contribution < 1.29 is 4.79 Å². The smallest absolute Gasteiger partial charge is 0.140 e. The summed E-state index contributed by atoms with van der Waals surface area (Å²) in [6, 6.07) is 1.20. The molecule has 3 unspecified atom stereocenters. The number of piperidine rings is 1. The zero-order chi connectivity index (χ0) is 13.6. The van der Waals surface area contributed by atoms with E-state index in [0.717, 1.165) is 6.42 Å². The quantitative estimate of drug-likeness (QED) is 0.671. The highest BCUT2D eigenvalue weighted by molar-refractivity contribution is 5.84. The van der Waals surface area contributed by atoms with Crippen LogP contribution in [0, 0.1) is 17.8 Å². The summed E-state index contributed by atoms with van der Waals surface area (Å²) in [5.74, 6) is 1.77. The fourth-order valence-electron chi connectivity index (χ4n) is 4.40. The Morgan fingerprint density at radius 1 is 1.26 bits per heavy atom. The van der Waals surface area contributed by atoms with Crippen LogP contribution in [0.15, 0.2) is 23.9 Å². The van der Waals surface area contributed by atoms with Crippen LogP contribution in [-0.4, -0.2) is 22.8 Å². The fourth-order valence-corrected chi connectivity index (χ4v) is 4.40. The molecule has 104 valence electrons. The first-order valence-corrected chi connectivity index (χ1v) is 7.77. The van der Waals surface area contributed by atoms with Crippen molar-refractivity contribution in [1.82, 2.24) is 4.90 Å². The molecule has 0 aromatic rings. The number of Topliss-reactive ketones (excluding diaryl/α,β-unsaturated/α-hetero) is 1. The van der Waals surface area contributed by atoms with Crippen molar-refractivity contribution in [2.75, 3.05) is 0 Å². The maximum atomic E-state index is 12.1. The molecule has 19 heavy (non-hydrogen) atoms. The summed E-state index contributed by atoms with van der Waals surface area (Å²) in [7, 11) is 0. The monoisotopic (exact) mass is 259 g/mol. The lowest BCUT2D eigenvalue weighted by molar-refractivity contribution is -0.124. The molecular formula is C17H25NO. The van der Waals surface area contributed by atoms with Gasteiger partial charge in [-0.3, -0.25) is 4.79 Å². The van der Waals surface area contributed by atoms with Crippen LogP contribution in [0.25, 0.3) is 0 Å². The predicted molar refractivity (Wildman–Crippen MR) is 77.6 cm³/mol. The lowest BCUT2D eigenvalue weighted by atomic mass is 9.66. The number of carbonyl (C=O) groups excluding carboxylic acids is 1. The molecule has 0 N–H and O–H groups in total. The van der Waals surface area contributed by atoms with E-state index in [2.05, 4.69) is 43.9 Å². The molecule has 3 aliphatic rings. The molecule has 0 aromatic carbocycles. The van der Waals surface area contributed by atoms with Gasteiger partial charge in [0.1, 0.15) is 5.78 Å². The lowest BCUT2D eigenvalue weighted by Crippen LogP contribution is -2.48. The van der Waals surface area contributed by atoms with Crippen molar-refractivity contribution in [1.29, 1.82) is 0 Å². The SMILES string of the molecule is CC(C)N1C2=CCC3C(=O)CC=CC3[C@@H]2CCC1C. The van der Waals surface area contributed by atoms with Gasteiger partial charge in [-0.1, -0.05) is 18.2 Å². The minimum absolute atomic E-state index is 0.265. The van der Waals surface area contributed by atoms with Crippen LogP contribution in [-0.2, 0) is 4.79 Å². The summed E-state index contributed by atoms with van der Waals surface area (Å²) in [4.78, 5) is 14.7. The van der Waals surface area contributed by atoms with Gasteiger partial charge in [0, 0.05) is 36.0 Å². The number of nitrogens with zero attached hydrogens (tertiary/aromatic N) is 1. The summed E-state index contributed by atoms with van der Waals surface area (Å²) in [6.45, 7) is 6.91. The summed E-state index contributed by atoms with van der Waals surface area (Å²) >= 11 is 0. The minimum atomic E-state index is 0.265. The molecule has 1 aliphatic heterocycles. The Morgan fingerprint density at radius 3 is 2.79 bits per heavy atom. The van der Waals surface area contributed by atoms with Crippen LogP contribution < -0.4 is 0 Å². The van der Waals surface area contributed by atoms with Gasteiger partial charge in [-0.25, -0.2) is 0 Å². The molecule has 0 amide bonds. The van der Waals surface area contributed by atoms with Crippen LogP contribution in [0.3, 0.4) is 0 Å². The maximum absolute atomic E-state index is 12.1. The number of hydrogen-bond donors (Lipinski definition) is 0. The van der Waals surface area contributed by atoms with Crippen LogP contribution >= 0.6 is 0 Å². The Hall–Kier alpha value is -1.05. The Balaban J connectivity index is 1.94. The van der Waals surface area contributed by atoms with Gasteiger partial charge in [-0.15, -0.1) is 0 Å². The first-order valence-electron chi connectivity index (χ1n) is 7.77. The molecule has 0 aromatic heterocycles. The number of ketones is 1. The van der Waals surface area contributed by atoms with E-state index < -0.39 is 0 Å². The molecule has 2 aliphatic carbocycles. The minimum Gasteiger partial charge on any atom is -0.370 e. The van der Waals surface area contributed by atoms with Crippen LogP contribution in [0.1, 0.15) is 46.5 Å². The highest BCUT2D eigenvalue weighted by Gasteiger charge is 2.43. The highest BCUT2D eigenvalue weighted by Crippen LogP contribution is 2.46. The average molecular weight is 259 g/mol. The molecule has 1 fully saturated rings. The summed E-state index contributed by atoms with van der Waals surface area (Å²) < 4.78 is 0. The van der Waals surface area contributed by atoms with Gasteiger partial charge >= 0.3 is 0 Å². The lowest BCUT2D eigenvalue weighted by Gasteiger charge is -2.50. The summed E-state index contributed by atoms with van der Waals surface area (Å²) in [5, 5.41) is 0. The van der Waals surface area contributed by atoms with Gasteiger partial charge in [-0.2, -0.15) is 0 Å². The molecular weight excluding hydrogens is 234 g/mol. The van der Waals surface area contributed by atoms with E-state index in [1.54, 1.807) is 0 Å². The Kier molecular flexibility index (Phi) is 3.28. The average Bonchev–Trinajstić information content (AvgIpc) is 2.37. The van der Waals surface area contributed by atoms with Gasteiger partial charge in [0.25, 0.3) is 0 Å². The molecule has 1 saturated heterocycles. The van der Waals surface area contributed by atoms with Crippen LogP contribution in [0.4, 0.5) is 0 Å². The molecule has 2 heteroatoms. The zero-order valence-corrected chi connectivity index (χ0v) is 12.3. The Bertz CT molecular complexity index is 435. The summed E-state index contributed by atoms with van der Waals surface area (Å²) in [5.41, 5.74) is 1.52. The molecule has 1 heterocycles. The molecule has 0 spiro atoms. The number of likely N-dealkylation sites (tertiary alicyclic amines) is 1. The van der Waals surface area contributed by atoms with Crippen molar-refractivity contribution in [3.63, 3.8) is 0 Å². The third-order valence-corrected chi connectivity index (χ3v) is 5.21. The largest absolute Gasteiger partial charge is 0.370 e. The van der Waals surface area contributed by atoms with Gasteiger partial charge in [-0.05, 0) is 46.0 Å². The molecule has 0 saturated carbocycles. The first kappa shape index (κ1) is 13.0. The standard InChI is InChI=1S/C17H25NO/c1-11(2)18-12(3)7-8-14-13-5-4-6-17(19)15(13)9-10-16(14)18/h4-5,10-15H,6-9H2,1-3H3/t12?,13?,14-,15?/m0/s1. The van der Waals surface area contributed by atoms with Gasteiger partial charge in [0.05, 0.1) is 0 Å². The van der Waals surface area contributed by atoms with E-state index in [9.17, 15) is 4.79 Å². The number of hydrogen-bond acceptors (Lipinski definition) is 2. The van der Waals surface area contributed by atoms with Crippen LogP contribution in [0.2, 0.25) is 0 Å². The fraction of sp³-hybridized carbons (Fsp3) is 0.706. The third-order valence-electron chi connectivity index (χ3n) is 5.21. The van der Waals surface area contributed by atoms with E-state index in [4.69, 9.17) is 0 Å². The second kappa shape index (κ2) is 4.81. The van der Waals surface area contributed by atoms with E-state index in [1.807, 2.05) is 0 Å².